The summed E-state index contributed by atoms with van der Waals surface area (Å²) in [5.41, 5.74) is 1.26. The van der Waals surface area contributed by atoms with Gasteiger partial charge in [-0.25, -0.2) is 4.79 Å². The van der Waals surface area contributed by atoms with Crippen LogP contribution in [0.3, 0.4) is 0 Å². The SMILES string of the molecule is C/C=c1/c(O)cc(SCc2cc(C(=O)OC)nn2C(C)C)c/c1=C/CC. The first-order valence-electron chi connectivity index (χ1n) is 8.70. The van der Waals surface area contributed by atoms with Gasteiger partial charge in [-0.15, -0.1) is 11.8 Å². The van der Waals surface area contributed by atoms with Crippen molar-refractivity contribution in [3.63, 3.8) is 0 Å². The number of phenolic OH excluding ortho intramolecular Hbond substituents is 1. The van der Waals surface area contributed by atoms with Gasteiger partial charge >= 0.3 is 5.97 Å². The highest BCUT2D eigenvalue weighted by Crippen LogP contribution is 2.25. The molecule has 5 nitrogen and oxygen atoms in total. The van der Waals surface area contributed by atoms with Crippen molar-refractivity contribution in [2.45, 2.75) is 50.8 Å². The summed E-state index contributed by atoms with van der Waals surface area (Å²) in [6.45, 7) is 8.04. The van der Waals surface area contributed by atoms with E-state index in [9.17, 15) is 9.90 Å². The zero-order valence-corrected chi connectivity index (χ0v) is 16.8. The number of thioether (sulfide) groups is 1. The maximum absolute atomic E-state index is 11.8. The first-order valence-corrected chi connectivity index (χ1v) is 9.68. The predicted octanol–water partition coefficient (Wildman–Crippen LogP) is 3.24. The lowest BCUT2D eigenvalue weighted by Crippen LogP contribution is -2.24. The molecule has 0 spiro atoms. The first kappa shape index (κ1) is 20.1. The zero-order chi connectivity index (χ0) is 19.3. The van der Waals surface area contributed by atoms with Crippen LogP contribution in [0.2, 0.25) is 0 Å². The number of hydrogen-bond acceptors (Lipinski definition) is 5. The number of ether oxygens (including phenoxy) is 1. The van der Waals surface area contributed by atoms with Gasteiger partial charge in [-0.2, -0.15) is 5.10 Å². The molecule has 0 aliphatic heterocycles. The summed E-state index contributed by atoms with van der Waals surface area (Å²) in [6, 6.07) is 5.77. The molecule has 1 N–H and O–H groups in total. The second kappa shape index (κ2) is 8.94. The van der Waals surface area contributed by atoms with E-state index >= 15 is 0 Å². The van der Waals surface area contributed by atoms with E-state index in [-0.39, 0.29) is 11.8 Å². The number of nitrogens with zero attached hydrogens (tertiary/aromatic N) is 2. The third kappa shape index (κ3) is 4.49. The minimum Gasteiger partial charge on any atom is -0.507 e. The molecule has 0 unspecified atom stereocenters. The summed E-state index contributed by atoms with van der Waals surface area (Å²) >= 11 is 1.60. The lowest BCUT2D eigenvalue weighted by atomic mass is 10.2. The van der Waals surface area contributed by atoms with E-state index in [0.29, 0.717) is 11.4 Å². The monoisotopic (exact) mass is 374 g/mol. The van der Waals surface area contributed by atoms with Gasteiger partial charge in [0.25, 0.3) is 0 Å². The van der Waals surface area contributed by atoms with Gasteiger partial charge in [-0.3, -0.25) is 4.68 Å². The van der Waals surface area contributed by atoms with Gasteiger partial charge in [0.15, 0.2) is 5.69 Å². The Morgan fingerprint density at radius 3 is 2.69 bits per heavy atom. The number of aromatic hydroxyl groups is 1. The molecule has 0 saturated heterocycles. The highest BCUT2D eigenvalue weighted by Gasteiger charge is 2.16. The first-order chi connectivity index (χ1) is 12.4. The Morgan fingerprint density at radius 2 is 2.12 bits per heavy atom. The van der Waals surface area contributed by atoms with Gasteiger partial charge in [0.2, 0.25) is 0 Å². The number of methoxy groups -OCH3 is 1. The van der Waals surface area contributed by atoms with E-state index in [2.05, 4.69) is 24.2 Å². The van der Waals surface area contributed by atoms with Crippen LogP contribution in [0.15, 0.2) is 23.1 Å². The second-order valence-electron chi connectivity index (χ2n) is 6.19. The number of hydrogen-bond donors (Lipinski definition) is 1. The molecule has 1 aromatic heterocycles. The van der Waals surface area contributed by atoms with Crippen LogP contribution in [0, 0.1) is 0 Å². The van der Waals surface area contributed by atoms with Crippen molar-refractivity contribution in [2.75, 3.05) is 7.11 Å². The van der Waals surface area contributed by atoms with Gasteiger partial charge in [-0.1, -0.05) is 19.1 Å². The van der Waals surface area contributed by atoms with Gasteiger partial charge < -0.3 is 9.84 Å². The van der Waals surface area contributed by atoms with Crippen molar-refractivity contribution in [3.8, 4) is 5.75 Å². The Hall–Kier alpha value is -2.21. The zero-order valence-electron chi connectivity index (χ0n) is 15.9. The van der Waals surface area contributed by atoms with Crippen molar-refractivity contribution < 1.29 is 14.6 Å². The summed E-state index contributed by atoms with van der Waals surface area (Å²) < 4.78 is 6.61. The van der Waals surface area contributed by atoms with Crippen LogP contribution in [-0.4, -0.2) is 28.0 Å². The minimum absolute atomic E-state index is 0.137. The maximum atomic E-state index is 11.8. The molecule has 1 aromatic carbocycles. The van der Waals surface area contributed by atoms with Crippen molar-refractivity contribution in [3.05, 3.63) is 40.0 Å². The average molecular weight is 375 g/mol. The molecule has 0 saturated carbocycles. The van der Waals surface area contributed by atoms with Gasteiger partial charge in [0.05, 0.1) is 7.11 Å². The van der Waals surface area contributed by atoms with Gasteiger partial charge in [0, 0.05) is 27.6 Å². The number of carbonyl (C=O) groups is 1. The molecule has 0 atom stereocenters. The molecule has 1 heterocycles. The van der Waals surface area contributed by atoms with E-state index in [1.54, 1.807) is 23.9 Å². The van der Waals surface area contributed by atoms with Crippen LogP contribution in [0.4, 0.5) is 0 Å². The smallest absolute Gasteiger partial charge is 0.358 e. The lowest BCUT2D eigenvalue weighted by Gasteiger charge is -2.11. The molecule has 0 radical (unpaired) electrons. The third-order valence-electron chi connectivity index (χ3n) is 3.96. The van der Waals surface area contributed by atoms with E-state index in [1.165, 1.54) is 7.11 Å². The van der Waals surface area contributed by atoms with Crippen LogP contribution in [0.5, 0.6) is 5.75 Å². The van der Waals surface area contributed by atoms with Gasteiger partial charge in [0.1, 0.15) is 5.75 Å². The normalized spacial score (nSPS) is 12.8. The minimum atomic E-state index is -0.434. The van der Waals surface area contributed by atoms with E-state index < -0.39 is 5.97 Å². The maximum Gasteiger partial charge on any atom is 0.358 e. The Balaban J connectivity index is 2.33. The molecular weight excluding hydrogens is 348 g/mol. The van der Waals surface area contributed by atoms with Crippen LogP contribution in [0.1, 0.15) is 56.3 Å². The molecule has 2 rings (SSSR count). The van der Waals surface area contributed by atoms with Crippen LogP contribution < -0.4 is 10.4 Å². The Morgan fingerprint density at radius 1 is 1.38 bits per heavy atom. The number of phenols is 1. The Kier molecular flexibility index (Phi) is 6.91. The molecular formula is C20H26N2O3S. The lowest BCUT2D eigenvalue weighted by molar-refractivity contribution is 0.0593. The second-order valence-corrected chi connectivity index (χ2v) is 7.23. The van der Waals surface area contributed by atoms with Crippen molar-refractivity contribution in [1.29, 1.82) is 0 Å². The van der Waals surface area contributed by atoms with Crippen molar-refractivity contribution >= 4 is 29.9 Å². The topological polar surface area (TPSA) is 64.3 Å². The van der Waals surface area contributed by atoms with Crippen LogP contribution >= 0.6 is 11.8 Å². The van der Waals surface area contributed by atoms with Crippen molar-refractivity contribution in [2.24, 2.45) is 0 Å². The molecule has 6 heteroatoms. The van der Waals surface area contributed by atoms with Gasteiger partial charge in [-0.05, 0) is 50.6 Å². The van der Waals surface area contributed by atoms with E-state index in [1.807, 2.05) is 31.5 Å². The predicted molar refractivity (Wildman–Crippen MR) is 106 cm³/mol. The fraction of sp³-hybridized carbons (Fsp3) is 0.400. The van der Waals surface area contributed by atoms with Crippen molar-refractivity contribution in [1.82, 2.24) is 9.78 Å². The molecule has 0 amide bonds. The van der Waals surface area contributed by atoms with E-state index in [4.69, 9.17) is 4.74 Å². The average Bonchev–Trinajstić information content (AvgIpc) is 3.04. The molecule has 0 fully saturated rings. The highest BCUT2D eigenvalue weighted by molar-refractivity contribution is 7.98. The van der Waals surface area contributed by atoms with Crippen LogP contribution in [0.25, 0.3) is 12.2 Å². The number of aromatic nitrogens is 2. The van der Waals surface area contributed by atoms with Crippen LogP contribution in [-0.2, 0) is 10.5 Å². The third-order valence-corrected chi connectivity index (χ3v) is 4.97. The summed E-state index contributed by atoms with van der Waals surface area (Å²) in [5.74, 6) is 0.489. The quantitative estimate of drug-likeness (QED) is 0.621. The molecule has 26 heavy (non-hydrogen) atoms. The summed E-state index contributed by atoms with van der Waals surface area (Å²) in [4.78, 5) is 12.7. The molecule has 0 aliphatic carbocycles. The van der Waals surface area contributed by atoms with E-state index in [0.717, 1.165) is 27.4 Å². The number of carbonyl (C=O) groups excluding carboxylic acids is 1. The summed E-state index contributed by atoms with van der Waals surface area (Å²) in [7, 11) is 1.35. The standard InChI is InChI=1S/C20H26N2O3S/c1-6-8-14-9-16(11-19(23)17(14)7-2)26-12-15-10-18(20(24)25-5)21-22(15)13(3)4/h7-11,13,23H,6,12H2,1-5H3/b14-8-,17-7+. The fourth-order valence-electron chi connectivity index (χ4n) is 2.77. The number of benzene rings is 1. The molecule has 0 aliphatic rings. The Bertz CT molecular complexity index is 901. The fourth-order valence-corrected chi connectivity index (χ4v) is 3.70. The summed E-state index contributed by atoms with van der Waals surface area (Å²) in [6.07, 6.45) is 4.92. The summed E-state index contributed by atoms with van der Waals surface area (Å²) in [5, 5.41) is 16.5. The molecule has 140 valence electrons. The molecule has 2 aromatic rings. The molecule has 0 bridgehead atoms. The largest absolute Gasteiger partial charge is 0.507 e. The Labute approximate surface area is 158 Å². The number of rotatable bonds is 6. The number of esters is 1. The highest BCUT2D eigenvalue weighted by atomic mass is 32.2.